The van der Waals surface area contributed by atoms with Gasteiger partial charge < -0.3 is 15.8 Å². The molecule has 21 heavy (non-hydrogen) atoms. The van der Waals surface area contributed by atoms with Crippen LogP contribution in [0.3, 0.4) is 0 Å². The van der Waals surface area contributed by atoms with Gasteiger partial charge >= 0.3 is 0 Å². The first-order valence-electron chi connectivity index (χ1n) is 6.86. The summed E-state index contributed by atoms with van der Waals surface area (Å²) >= 11 is 1.28. The smallest absolute Gasteiger partial charge is 0.264 e. The molecule has 112 valence electrons. The minimum atomic E-state index is -0.372. The monoisotopic (exact) mass is 308 g/mol. The number of amides is 1. The highest BCUT2D eigenvalue weighted by Crippen LogP contribution is 2.34. The number of carbonyl (C=O) groups excluding carboxylic acids is 1. The summed E-state index contributed by atoms with van der Waals surface area (Å²) in [6, 6.07) is 4.38. The van der Waals surface area contributed by atoms with Crippen LogP contribution in [0.5, 0.6) is 0 Å². The van der Waals surface area contributed by atoms with E-state index < -0.39 is 0 Å². The van der Waals surface area contributed by atoms with Gasteiger partial charge in [-0.3, -0.25) is 4.79 Å². The third-order valence-electron chi connectivity index (χ3n) is 3.75. The number of rotatable bonds is 2. The van der Waals surface area contributed by atoms with E-state index in [1.807, 2.05) is 6.92 Å². The Balaban J connectivity index is 1.89. The molecule has 1 aromatic carbocycles. The quantitative estimate of drug-likeness (QED) is 0.896. The lowest BCUT2D eigenvalue weighted by atomic mass is 9.95. The number of benzene rings is 1. The molecule has 1 atom stereocenters. The maximum atomic E-state index is 13.3. The first-order valence-corrected chi connectivity index (χ1v) is 7.68. The van der Waals surface area contributed by atoms with Crippen molar-refractivity contribution >= 4 is 33.0 Å². The zero-order valence-corrected chi connectivity index (χ0v) is 12.6. The van der Waals surface area contributed by atoms with Crippen LogP contribution >= 0.6 is 11.3 Å². The van der Waals surface area contributed by atoms with Crippen molar-refractivity contribution in [1.82, 2.24) is 5.32 Å². The van der Waals surface area contributed by atoms with Gasteiger partial charge in [-0.15, -0.1) is 11.3 Å². The fraction of sp³-hybridized carbons (Fsp3) is 0.400. The molecule has 6 heteroatoms. The van der Waals surface area contributed by atoms with Crippen molar-refractivity contribution in [2.45, 2.75) is 25.3 Å². The molecule has 1 unspecified atom stereocenters. The molecule has 1 aliphatic rings. The fourth-order valence-corrected chi connectivity index (χ4v) is 3.62. The summed E-state index contributed by atoms with van der Waals surface area (Å²) in [5.41, 5.74) is 5.98. The van der Waals surface area contributed by atoms with Crippen LogP contribution in [0.1, 0.15) is 29.4 Å². The molecular formula is C15H17FN2O2S. The second-order valence-corrected chi connectivity index (χ2v) is 6.71. The number of anilines is 1. The SMILES string of the molecule is CC1(NC(=O)c2sc3ccc(F)cc3c2N)CCCOC1. The lowest BCUT2D eigenvalue weighted by Gasteiger charge is -2.34. The molecule has 2 heterocycles. The van der Waals surface area contributed by atoms with Gasteiger partial charge in [-0.1, -0.05) is 0 Å². The molecular weight excluding hydrogens is 291 g/mol. The minimum absolute atomic E-state index is 0.220. The van der Waals surface area contributed by atoms with Crippen LogP contribution in [0.2, 0.25) is 0 Å². The summed E-state index contributed by atoms with van der Waals surface area (Å²) in [5, 5.41) is 3.59. The zero-order chi connectivity index (χ0) is 15.0. The zero-order valence-electron chi connectivity index (χ0n) is 11.7. The largest absolute Gasteiger partial charge is 0.397 e. The van der Waals surface area contributed by atoms with Crippen molar-refractivity contribution in [3.8, 4) is 0 Å². The number of nitrogen functional groups attached to an aromatic ring is 1. The Kier molecular flexibility index (Phi) is 3.59. The van der Waals surface area contributed by atoms with Gasteiger partial charge in [0.05, 0.1) is 17.8 Å². The van der Waals surface area contributed by atoms with Crippen molar-refractivity contribution in [2.24, 2.45) is 0 Å². The summed E-state index contributed by atoms with van der Waals surface area (Å²) in [5.74, 6) is -0.575. The molecule has 0 spiro atoms. The normalized spacial score (nSPS) is 22.4. The molecule has 4 nitrogen and oxygen atoms in total. The first-order chi connectivity index (χ1) is 9.98. The van der Waals surface area contributed by atoms with Crippen LogP contribution in [0, 0.1) is 5.82 Å². The van der Waals surface area contributed by atoms with E-state index in [2.05, 4.69) is 5.32 Å². The predicted molar refractivity (Wildman–Crippen MR) is 82.1 cm³/mol. The standard InChI is InChI=1S/C15H17FN2O2S/c1-15(5-2-6-20-8-15)18-14(19)13-12(17)10-7-9(16)3-4-11(10)21-13/h3-4,7H,2,5-6,8,17H2,1H3,(H,18,19). The van der Waals surface area contributed by atoms with Gasteiger partial charge in [-0.2, -0.15) is 0 Å². The summed E-state index contributed by atoms with van der Waals surface area (Å²) < 4.78 is 19.5. The third-order valence-corrected chi connectivity index (χ3v) is 4.93. The number of carbonyl (C=O) groups is 1. The minimum Gasteiger partial charge on any atom is -0.397 e. The van der Waals surface area contributed by atoms with Gasteiger partial charge in [-0.25, -0.2) is 4.39 Å². The van der Waals surface area contributed by atoms with E-state index in [0.29, 0.717) is 22.6 Å². The van der Waals surface area contributed by atoms with Crippen LogP contribution in [0.25, 0.3) is 10.1 Å². The van der Waals surface area contributed by atoms with Crippen LogP contribution < -0.4 is 11.1 Å². The van der Waals surface area contributed by atoms with Crippen molar-refractivity contribution in [2.75, 3.05) is 18.9 Å². The van der Waals surface area contributed by atoms with Gasteiger partial charge in [0, 0.05) is 16.7 Å². The molecule has 3 N–H and O–H groups in total. The van der Waals surface area contributed by atoms with E-state index in [4.69, 9.17) is 10.5 Å². The highest BCUT2D eigenvalue weighted by molar-refractivity contribution is 7.21. The molecule has 0 aliphatic carbocycles. The summed E-state index contributed by atoms with van der Waals surface area (Å²) in [6.45, 7) is 3.20. The summed E-state index contributed by atoms with van der Waals surface area (Å²) in [7, 11) is 0. The number of fused-ring (bicyclic) bond motifs is 1. The maximum Gasteiger partial charge on any atom is 0.264 e. The number of hydrogen-bond acceptors (Lipinski definition) is 4. The average molecular weight is 308 g/mol. The number of halogens is 1. The Hall–Kier alpha value is -1.66. The molecule has 1 fully saturated rings. The van der Waals surface area contributed by atoms with Gasteiger partial charge in [0.1, 0.15) is 10.7 Å². The van der Waals surface area contributed by atoms with E-state index in [-0.39, 0.29) is 17.3 Å². The van der Waals surface area contributed by atoms with E-state index in [1.54, 1.807) is 6.07 Å². The van der Waals surface area contributed by atoms with Gasteiger partial charge in [0.15, 0.2) is 0 Å². The number of nitrogens with one attached hydrogen (secondary N) is 1. The third kappa shape index (κ3) is 2.73. The Morgan fingerprint density at radius 2 is 2.33 bits per heavy atom. The second kappa shape index (κ2) is 5.27. The van der Waals surface area contributed by atoms with E-state index >= 15 is 0 Å². The number of hydrogen-bond donors (Lipinski definition) is 2. The second-order valence-electron chi connectivity index (χ2n) is 5.66. The highest BCUT2D eigenvalue weighted by Gasteiger charge is 2.31. The van der Waals surface area contributed by atoms with E-state index in [9.17, 15) is 9.18 Å². The molecule has 1 aliphatic heterocycles. The Morgan fingerprint density at radius 1 is 1.52 bits per heavy atom. The van der Waals surface area contributed by atoms with Gasteiger partial charge in [0.25, 0.3) is 5.91 Å². The fourth-order valence-electron chi connectivity index (χ4n) is 2.62. The first kappa shape index (κ1) is 14.3. The Labute approximate surface area is 126 Å². The average Bonchev–Trinajstić information content (AvgIpc) is 2.76. The van der Waals surface area contributed by atoms with Crippen molar-refractivity contribution in [3.63, 3.8) is 0 Å². The predicted octanol–water partition coefficient (Wildman–Crippen LogP) is 2.92. The Bertz CT molecular complexity index is 692. The maximum absolute atomic E-state index is 13.3. The van der Waals surface area contributed by atoms with Crippen LogP contribution in [-0.4, -0.2) is 24.7 Å². The molecule has 0 saturated carbocycles. The van der Waals surface area contributed by atoms with Crippen LogP contribution in [0.15, 0.2) is 18.2 Å². The van der Waals surface area contributed by atoms with Gasteiger partial charge in [-0.05, 0) is 38.0 Å². The molecule has 0 radical (unpaired) electrons. The molecule has 1 amide bonds. The van der Waals surface area contributed by atoms with E-state index in [0.717, 1.165) is 24.1 Å². The lowest BCUT2D eigenvalue weighted by Crippen LogP contribution is -2.51. The topological polar surface area (TPSA) is 64.4 Å². The van der Waals surface area contributed by atoms with Crippen molar-refractivity contribution in [1.29, 1.82) is 0 Å². The number of thiophene rings is 1. The molecule has 3 rings (SSSR count). The molecule has 2 aromatic rings. The number of nitrogens with two attached hydrogens (primary N) is 1. The molecule has 0 bridgehead atoms. The molecule has 1 aromatic heterocycles. The lowest BCUT2D eigenvalue weighted by molar-refractivity contribution is 0.0274. The van der Waals surface area contributed by atoms with Crippen LogP contribution in [-0.2, 0) is 4.74 Å². The highest BCUT2D eigenvalue weighted by atomic mass is 32.1. The molecule has 1 saturated heterocycles. The van der Waals surface area contributed by atoms with Crippen molar-refractivity contribution < 1.29 is 13.9 Å². The van der Waals surface area contributed by atoms with E-state index in [1.165, 1.54) is 23.5 Å². The summed E-state index contributed by atoms with van der Waals surface area (Å²) in [4.78, 5) is 12.9. The van der Waals surface area contributed by atoms with Gasteiger partial charge in [0.2, 0.25) is 0 Å². The van der Waals surface area contributed by atoms with Crippen molar-refractivity contribution in [3.05, 3.63) is 28.9 Å². The van der Waals surface area contributed by atoms with Crippen LogP contribution in [0.4, 0.5) is 10.1 Å². The number of ether oxygens (including phenoxy) is 1. The Morgan fingerprint density at radius 3 is 3.05 bits per heavy atom. The summed E-state index contributed by atoms with van der Waals surface area (Å²) in [6.07, 6.45) is 1.79.